The third-order valence-electron chi connectivity index (χ3n) is 3.78. The van der Waals surface area contributed by atoms with Crippen molar-refractivity contribution in [1.29, 1.82) is 5.26 Å². The predicted molar refractivity (Wildman–Crippen MR) is 96.5 cm³/mol. The molecule has 0 aromatic heterocycles. The zero-order valence-corrected chi connectivity index (χ0v) is 15.1. The summed E-state index contributed by atoms with van der Waals surface area (Å²) in [5.41, 5.74) is -0.309. The van der Waals surface area contributed by atoms with Gasteiger partial charge in [-0.15, -0.1) is 0 Å². The number of nitriles is 1. The summed E-state index contributed by atoms with van der Waals surface area (Å²) >= 11 is 0.786. The largest absolute Gasteiger partial charge is 0.457 e. The van der Waals surface area contributed by atoms with E-state index in [2.05, 4.69) is 5.32 Å². The minimum absolute atomic E-state index is 0.0585. The lowest BCUT2D eigenvalue weighted by atomic mass is 10.1. The summed E-state index contributed by atoms with van der Waals surface area (Å²) in [5, 5.41) is 10.5. The molecule has 3 rings (SSSR count). The quantitative estimate of drug-likeness (QED) is 0.728. The molecule has 2 amide bonds. The van der Waals surface area contributed by atoms with Gasteiger partial charge in [-0.1, -0.05) is 6.07 Å². The fourth-order valence-electron chi connectivity index (χ4n) is 2.50. The van der Waals surface area contributed by atoms with Gasteiger partial charge in [-0.25, -0.2) is 0 Å². The van der Waals surface area contributed by atoms with E-state index in [4.69, 9.17) is 10.00 Å². The molecule has 1 aliphatic rings. The van der Waals surface area contributed by atoms with Crippen molar-refractivity contribution in [3.8, 4) is 17.6 Å². The molecule has 0 aliphatic carbocycles. The number of aryl methyl sites for hydroxylation is 1. The molecular weight excluding hydrogens is 393 g/mol. The lowest BCUT2D eigenvalue weighted by molar-refractivity contribution is -0.137. The number of benzene rings is 2. The minimum Gasteiger partial charge on any atom is -0.457 e. The van der Waals surface area contributed by atoms with Gasteiger partial charge in [-0.3, -0.25) is 14.9 Å². The number of halogens is 3. The smallest absolute Gasteiger partial charge is 0.417 e. The van der Waals surface area contributed by atoms with Crippen LogP contribution in [0.4, 0.5) is 18.0 Å². The van der Waals surface area contributed by atoms with Gasteiger partial charge in [-0.2, -0.15) is 18.4 Å². The molecule has 5 nitrogen and oxygen atoms in total. The van der Waals surface area contributed by atoms with Crippen LogP contribution in [0.1, 0.15) is 22.3 Å². The van der Waals surface area contributed by atoms with E-state index in [1.807, 2.05) is 0 Å². The van der Waals surface area contributed by atoms with Crippen molar-refractivity contribution in [3.63, 3.8) is 0 Å². The maximum Gasteiger partial charge on any atom is 0.417 e. The van der Waals surface area contributed by atoms with Crippen LogP contribution >= 0.6 is 11.8 Å². The van der Waals surface area contributed by atoms with E-state index >= 15 is 0 Å². The zero-order valence-electron chi connectivity index (χ0n) is 14.3. The van der Waals surface area contributed by atoms with E-state index in [9.17, 15) is 22.8 Å². The Labute approximate surface area is 161 Å². The molecule has 28 heavy (non-hydrogen) atoms. The highest BCUT2D eigenvalue weighted by Gasteiger charge is 2.34. The van der Waals surface area contributed by atoms with Crippen LogP contribution in [0.2, 0.25) is 0 Å². The van der Waals surface area contributed by atoms with Gasteiger partial charge in [0.2, 0.25) is 0 Å². The van der Waals surface area contributed by atoms with Crippen LogP contribution in [-0.4, -0.2) is 11.1 Å². The molecule has 0 bridgehead atoms. The number of nitrogens with one attached hydrogen (secondary N) is 1. The fourth-order valence-corrected chi connectivity index (χ4v) is 3.18. The van der Waals surface area contributed by atoms with Gasteiger partial charge in [0.05, 0.1) is 22.1 Å². The maximum absolute atomic E-state index is 13.1. The van der Waals surface area contributed by atoms with Crippen molar-refractivity contribution >= 4 is 29.0 Å². The highest BCUT2D eigenvalue weighted by molar-refractivity contribution is 8.18. The number of thioether (sulfide) groups is 1. The molecule has 0 unspecified atom stereocenters. The summed E-state index contributed by atoms with van der Waals surface area (Å²) in [6.07, 6.45) is -3.14. The van der Waals surface area contributed by atoms with Crippen molar-refractivity contribution in [2.75, 3.05) is 0 Å². The Hall–Kier alpha value is -3.25. The first-order chi connectivity index (χ1) is 13.2. The number of hydrogen-bond donors (Lipinski definition) is 1. The highest BCUT2D eigenvalue weighted by Crippen LogP contribution is 2.36. The molecule has 9 heteroatoms. The van der Waals surface area contributed by atoms with Crippen LogP contribution in [0.25, 0.3) is 6.08 Å². The predicted octanol–water partition coefficient (Wildman–Crippen LogP) is 5.00. The Kier molecular flexibility index (Phi) is 5.16. The highest BCUT2D eigenvalue weighted by atomic mass is 32.2. The maximum atomic E-state index is 13.1. The van der Waals surface area contributed by atoms with E-state index in [1.54, 1.807) is 25.1 Å². The number of carbonyl (C=O) groups is 2. The number of nitrogens with zero attached hydrogens (tertiary/aromatic N) is 1. The molecule has 0 saturated carbocycles. The molecular formula is C19H11F3N2O3S. The van der Waals surface area contributed by atoms with Gasteiger partial charge < -0.3 is 4.74 Å². The first-order valence-electron chi connectivity index (χ1n) is 7.82. The third kappa shape index (κ3) is 4.18. The van der Waals surface area contributed by atoms with Crippen molar-refractivity contribution < 1.29 is 27.5 Å². The molecule has 142 valence electrons. The molecule has 0 spiro atoms. The molecule has 0 radical (unpaired) electrons. The summed E-state index contributed by atoms with van der Waals surface area (Å²) in [4.78, 5) is 23.0. The summed E-state index contributed by atoms with van der Waals surface area (Å²) in [6, 6.07) is 9.46. The minimum atomic E-state index is -4.67. The van der Waals surface area contributed by atoms with Gasteiger partial charge >= 0.3 is 6.18 Å². The third-order valence-corrected chi connectivity index (χ3v) is 4.59. The number of ether oxygens (including phenoxy) is 1. The molecule has 1 heterocycles. The van der Waals surface area contributed by atoms with Crippen LogP contribution in [0, 0.1) is 18.3 Å². The Morgan fingerprint density at radius 2 is 1.93 bits per heavy atom. The number of carbonyl (C=O) groups excluding carboxylic acids is 2. The van der Waals surface area contributed by atoms with Crippen LogP contribution in [0.15, 0.2) is 41.3 Å². The number of alkyl halides is 3. The summed E-state index contributed by atoms with van der Waals surface area (Å²) in [7, 11) is 0. The van der Waals surface area contributed by atoms with Crippen LogP contribution in [-0.2, 0) is 11.0 Å². The standard InChI is InChI=1S/C19H11F3N2O3S/c1-10-6-11(7-16-17(25)24-18(26)28-16)2-5-15(10)27-13-4-3-12(9-23)14(8-13)19(20,21)22/h2-8H,1H3,(H,24,25,26)/b16-7-. The molecule has 1 aliphatic heterocycles. The Morgan fingerprint density at radius 1 is 1.18 bits per heavy atom. The fraction of sp³-hybridized carbons (Fsp3) is 0.105. The average molecular weight is 404 g/mol. The lowest BCUT2D eigenvalue weighted by Crippen LogP contribution is -2.17. The molecule has 0 atom stereocenters. The topological polar surface area (TPSA) is 79.2 Å². The summed E-state index contributed by atoms with van der Waals surface area (Å²) < 4.78 is 44.7. The van der Waals surface area contributed by atoms with E-state index < -0.39 is 28.4 Å². The number of imide groups is 1. The van der Waals surface area contributed by atoms with Gasteiger partial charge in [0.15, 0.2) is 0 Å². The lowest BCUT2D eigenvalue weighted by Gasteiger charge is -2.13. The van der Waals surface area contributed by atoms with Crippen molar-refractivity contribution in [2.24, 2.45) is 0 Å². The Balaban J connectivity index is 1.86. The SMILES string of the molecule is Cc1cc(/C=C2\SC(=O)NC2=O)ccc1Oc1ccc(C#N)c(C(F)(F)F)c1. The Bertz CT molecular complexity index is 1060. The first-order valence-corrected chi connectivity index (χ1v) is 8.64. The van der Waals surface area contributed by atoms with E-state index in [0.29, 0.717) is 16.9 Å². The molecule has 2 aromatic rings. The van der Waals surface area contributed by atoms with Gasteiger partial charge in [-0.05, 0) is 66.2 Å². The van der Waals surface area contributed by atoms with Gasteiger partial charge in [0, 0.05) is 0 Å². The first kappa shape index (κ1) is 19.5. The van der Waals surface area contributed by atoms with E-state index in [0.717, 1.165) is 23.9 Å². The van der Waals surface area contributed by atoms with Crippen LogP contribution < -0.4 is 10.1 Å². The van der Waals surface area contributed by atoms with Crippen molar-refractivity contribution in [1.82, 2.24) is 5.32 Å². The number of amides is 2. The average Bonchev–Trinajstić information content (AvgIpc) is 2.93. The van der Waals surface area contributed by atoms with Crippen molar-refractivity contribution in [2.45, 2.75) is 13.1 Å². The molecule has 1 N–H and O–H groups in total. The summed E-state index contributed by atoms with van der Waals surface area (Å²) in [5.74, 6) is -0.221. The second kappa shape index (κ2) is 7.40. The second-order valence-electron chi connectivity index (χ2n) is 5.80. The second-order valence-corrected chi connectivity index (χ2v) is 6.81. The number of hydrogen-bond acceptors (Lipinski definition) is 5. The van der Waals surface area contributed by atoms with Crippen LogP contribution in [0.5, 0.6) is 11.5 Å². The summed E-state index contributed by atoms with van der Waals surface area (Å²) in [6.45, 7) is 1.69. The van der Waals surface area contributed by atoms with Gasteiger partial charge in [0.1, 0.15) is 11.5 Å². The van der Waals surface area contributed by atoms with Crippen LogP contribution in [0.3, 0.4) is 0 Å². The van der Waals surface area contributed by atoms with Crippen molar-refractivity contribution in [3.05, 3.63) is 63.6 Å². The number of rotatable bonds is 3. The van der Waals surface area contributed by atoms with E-state index in [1.165, 1.54) is 18.2 Å². The van der Waals surface area contributed by atoms with E-state index in [-0.39, 0.29) is 10.7 Å². The zero-order chi connectivity index (χ0) is 20.5. The molecule has 1 fully saturated rings. The monoisotopic (exact) mass is 404 g/mol. The van der Waals surface area contributed by atoms with Gasteiger partial charge in [0.25, 0.3) is 11.1 Å². The normalized spacial score (nSPS) is 15.5. The molecule has 2 aromatic carbocycles. The Morgan fingerprint density at radius 3 is 2.50 bits per heavy atom. The molecule has 1 saturated heterocycles.